The number of nitrogens with zero attached hydrogens (tertiary/aromatic N) is 1. The molecule has 1 aromatic rings. The molecule has 0 fully saturated rings. The zero-order chi connectivity index (χ0) is 12.5. The molecule has 5 nitrogen and oxygen atoms in total. The number of carbonyl (C=O) groups excluding carboxylic acids is 1. The van der Waals surface area contributed by atoms with Crippen molar-refractivity contribution in [2.24, 2.45) is 5.14 Å². The summed E-state index contributed by atoms with van der Waals surface area (Å²) in [5, 5.41) is 5.14. The van der Waals surface area contributed by atoms with Crippen molar-refractivity contribution in [2.45, 2.75) is 4.90 Å². The van der Waals surface area contributed by atoms with Crippen molar-refractivity contribution in [2.75, 3.05) is 14.1 Å². The highest BCUT2D eigenvalue weighted by Gasteiger charge is 2.16. The van der Waals surface area contributed by atoms with Gasteiger partial charge in [0.2, 0.25) is 10.0 Å². The Morgan fingerprint density at radius 2 is 1.94 bits per heavy atom. The second-order valence-corrected chi connectivity index (χ2v) is 5.35. The normalized spacial score (nSPS) is 11.2. The lowest BCUT2D eigenvalue weighted by Gasteiger charge is -2.12. The Kier molecular flexibility index (Phi) is 3.57. The molecule has 0 heterocycles. The van der Waals surface area contributed by atoms with Gasteiger partial charge in [0.25, 0.3) is 5.91 Å². The van der Waals surface area contributed by atoms with Crippen LogP contribution in [0, 0.1) is 0 Å². The number of benzene rings is 1. The average Bonchev–Trinajstić information content (AvgIpc) is 2.15. The molecule has 16 heavy (non-hydrogen) atoms. The van der Waals surface area contributed by atoms with Crippen LogP contribution in [0.4, 0.5) is 0 Å². The van der Waals surface area contributed by atoms with Crippen LogP contribution in [-0.4, -0.2) is 33.3 Å². The topological polar surface area (TPSA) is 80.5 Å². The minimum absolute atomic E-state index is 0.109. The molecule has 0 atom stereocenters. The van der Waals surface area contributed by atoms with Crippen molar-refractivity contribution in [3.05, 3.63) is 28.8 Å². The van der Waals surface area contributed by atoms with E-state index in [4.69, 9.17) is 16.7 Å². The molecule has 0 unspecified atom stereocenters. The van der Waals surface area contributed by atoms with Crippen molar-refractivity contribution >= 4 is 27.5 Å². The Hall–Kier alpha value is -1.11. The zero-order valence-corrected chi connectivity index (χ0v) is 10.3. The number of carbonyl (C=O) groups is 1. The summed E-state index contributed by atoms with van der Waals surface area (Å²) in [7, 11) is -0.743. The number of hydrogen-bond acceptors (Lipinski definition) is 3. The SMILES string of the molecule is CN(C)C(=O)c1cc(S(N)(=O)=O)ccc1Cl. The van der Waals surface area contributed by atoms with Crippen molar-refractivity contribution in [3.63, 3.8) is 0 Å². The predicted molar refractivity (Wildman–Crippen MR) is 60.8 cm³/mol. The highest BCUT2D eigenvalue weighted by molar-refractivity contribution is 7.89. The Morgan fingerprint density at radius 3 is 2.38 bits per heavy atom. The lowest BCUT2D eigenvalue weighted by atomic mass is 10.2. The molecule has 1 aromatic carbocycles. The highest BCUT2D eigenvalue weighted by atomic mass is 35.5. The number of sulfonamides is 1. The van der Waals surface area contributed by atoms with Crippen LogP contribution in [0.25, 0.3) is 0 Å². The number of nitrogens with two attached hydrogens (primary N) is 1. The maximum atomic E-state index is 11.7. The molecule has 7 heteroatoms. The standard InChI is InChI=1S/C9H11ClN2O3S/c1-12(2)9(13)7-5-6(16(11,14)15)3-4-8(7)10/h3-5H,1-2H3,(H2,11,14,15). The molecule has 0 aromatic heterocycles. The van der Waals surface area contributed by atoms with Gasteiger partial charge in [-0.1, -0.05) is 11.6 Å². The third-order valence-electron chi connectivity index (χ3n) is 1.90. The van der Waals surface area contributed by atoms with Gasteiger partial charge in [-0.2, -0.15) is 0 Å². The third kappa shape index (κ3) is 2.72. The van der Waals surface area contributed by atoms with E-state index in [0.717, 1.165) is 0 Å². The fourth-order valence-corrected chi connectivity index (χ4v) is 1.82. The van der Waals surface area contributed by atoms with E-state index in [0.29, 0.717) is 0 Å². The van der Waals surface area contributed by atoms with E-state index >= 15 is 0 Å². The third-order valence-corrected chi connectivity index (χ3v) is 3.14. The van der Waals surface area contributed by atoms with E-state index in [2.05, 4.69) is 0 Å². The van der Waals surface area contributed by atoms with Gasteiger partial charge in [-0.25, -0.2) is 13.6 Å². The van der Waals surface area contributed by atoms with Gasteiger partial charge >= 0.3 is 0 Å². The van der Waals surface area contributed by atoms with Crippen molar-refractivity contribution in [1.82, 2.24) is 4.90 Å². The van der Waals surface area contributed by atoms with E-state index in [1.165, 1.54) is 23.1 Å². The molecular formula is C9H11ClN2O3S. The number of halogens is 1. The Labute approximate surface area is 98.9 Å². The van der Waals surface area contributed by atoms with Crippen molar-refractivity contribution in [1.29, 1.82) is 0 Å². The summed E-state index contributed by atoms with van der Waals surface area (Å²) < 4.78 is 22.2. The minimum atomic E-state index is -3.83. The molecule has 0 bridgehead atoms. The molecule has 0 spiro atoms. The fourth-order valence-electron chi connectivity index (χ4n) is 1.09. The van der Waals surface area contributed by atoms with Crippen LogP contribution in [0.15, 0.2) is 23.1 Å². The van der Waals surface area contributed by atoms with Crippen LogP contribution >= 0.6 is 11.6 Å². The van der Waals surface area contributed by atoms with Gasteiger partial charge in [0.05, 0.1) is 15.5 Å². The second-order valence-electron chi connectivity index (χ2n) is 3.39. The number of primary sulfonamides is 1. The monoisotopic (exact) mass is 262 g/mol. The molecule has 0 saturated heterocycles. The smallest absolute Gasteiger partial charge is 0.254 e. The first-order valence-electron chi connectivity index (χ1n) is 4.27. The summed E-state index contributed by atoms with van der Waals surface area (Å²) in [6.07, 6.45) is 0. The molecule has 0 saturated carbocycles. The van der Waals surface area contributed by atoms with Crippen LogP contribution in [0.1, 0.15) is 10.4 Å². The minimum Gasteiger partial charge on any atom is -0.345 e. The lowest BCUT2D eigenvalue weighted by Crippen LogP contribution is -2.22. The Balaban J connectivity index is 3.36. The summed E-state index contributed by atoms with van der Waals surface area (Å²) >= 11 is 5.80. The van der Waals surface area contributed by atoms with E-state index in [-0.39, 0.29) is 21.4 Å². The molecule has 1 rings (SSSR count). The van der Waals surface area contributed by atoms with Crippen LogP contribution in [-0.2, 0) is 10.0 Å². The molecule has 0 aliphatic rings. The average molecular weight is 263 g/mol. The van der Waals surface area contributed by atoms with Crippen molar-refractivity contribution < 1.29 is 13.2 Å². The molecule has 0 aliphatic heterocycles. The largest absolute Gasteiger partial charge is 0.345 e. The highest BCUT2D eigenvalue weighted by Crippen LogP contribution is 2.20. The molecule has 88 valence electrons. The van der Waals surface area contributed by atoms with Crippen LogP contribution in [0.2, 0.25) is 5.02 Å². The van der Waals surface area contributed by atoms with Gasteiger partial charge in [0.1, 0.15) is 0 Å². The molecule has 2 N–H and O–H groups in total. The number of rotatable bonds is 2. The maximum Gasteiger partial charge on any atom is 0.254 e. The second kappa shape index (κ2) is 4.40. The van der Waals surface area contributed by atoms with Crippen LogP contribution in [0.3, 0.4) is 0 Å². The summed E-state index contributed by atoms with van der Waals surface area (Å²) in [5.74, 6) is -0.379. The molecule has 1 amide bonds. The maximum absolute atomic E-state index is 11.7. The first-order valence-corrected chi connectivity index (χ1v) is 6.20. The molecular weight excluding hydrogens is 252 g/mol. The first-order chi connectivity index (χ1) is 7.23. The van der Waals surface area contributed by atoms with E-state index in [1.54, 1.807) is 14.1 Å². The van der Waals surface area contributed by atoms with Crippen LogP contribution in [0.5, 0.6) is 0 Å². The van der Waals surface area contributed by atoms with E-state index < -0.39 is 10.0 Å². The van der Waals surface area contributed by atoms with E-state index in [9.17, 15) is 13.2 Å². The molecule has 0 aliphatic carbocycles. The summed E-state index contributed by atoms with van der Waals surface area (Å²) in [6, 6.07) is 3.75. The first kappa shape index (κ1) is 13.0. The number of hydrogen-bond donors (Lipinski definition) is 1. The van der Waals surface area contributed by atoms with Gasteiger partial charge in [-0.15, -0.1) is 0 Å². The van der Waals surface area contributed by atoms with Crippen LogP contribution < -0.4 is 5.14 Å². The fraction of sp³-hybridized carbons (Fsp3) is 0.222. The Morgan fingerprint density at radius 1 is 1.38 bits per heavy atom. The van der Waals surface area contributed by atoms with Gasteiger partial charge in [0, 0.05) is 14.1 Å². The van der Waals surface area contributed by atoms with E-state index in [1.807, 2.05) is 0 Å². The summed E-state index contributed by atoms with van der Waals surface area (Å²) in [5.41, 5.74) is 0.109. The lowest BCUT2D eigenvalue weighted by molar-refractivity contribution is 0.0827. The zero-order valence-electron chi connectivity index (χ0n) is 8.77. The molecule has 0 radical (unpaired) electrons. The van der Waals surface area contributed by atoms with Gasteiger partial charge in [0.15, 0.2) is 0 Å². The van der Waals surface area contributed by atoms with Crippen molar-refractivity contribution in [3.8, 4) is 0 Å². The van der Waals surface area contributed by atoms with Gasteiger partial charge in [-0.05, 0) is 18.2 Å². The summed E-state index contributed by atoms with van der Waals surface area (Å²) in [6.45, 7) is 0. The summed E-state index contributed by atoms with van der Waals surface area (Å²) in [4.78, 5) is 12.8. The predicted octanol–water partition coefficient (Wildman–Crippen LogP) is 0.689. The number of amides is 1. The van der Waals surface area contributed by atoms with Gasteiger partial charge in [-0.3, -0.25) is 4.79 Å². The quantitative estimate of drug-likeness (QED) is 0.851. The van der Waals surface area contributed by atoms with Gasteiger partial charge < -0.3 is 4.90 Å². The Bertz CT molecular complexity index is 526.